The van der Waals surface area contributed by atoms with Crippen molar-refractivity contribution in [3.05, 3.63) is 54.7 Å². The van der Waals surface area contributed by atoms with Gasteiger partial charge in [0.05, 0.1) is 12.7 Å². The number of para-hydroxylation sites is 1. The molecule has 0 spiro atoms. The fourth-order valence-corrected chi connectivity index (χ4v) is 4.33. The molecule has 0 saturated carbocycles. The molecule has 0 unspecified atom stereocenters. The molecule has 3 aliphatic heterocycles. The summed E-state index contributed by atoms with van der Waals surface area (Å²) < 4.78 is 6.05. The summed E-state index contributed by atoms with van der Waals surface area (Å²) in [6.07, 6.45) is 7.96. The van der Waals surface area contributed by atoms with E-state index in [1.54, 1.807) is 12.4 Å². The van der Waals surface area contributed by atoms with Gasteiger partial charge in [0.2, 0.25) is 0 Å². The maximum absolute atomic E-state index is 6.05. The molecule has 5 heterocycles. The van der Waals surface area contributed by atoms with Gasteiger partial charge in [0, 0.05) is 43.5 Å². The zero-order valence-corrected chi connectivity index (χ0v) is 14.2. The summed E-state index contributed by atoms with van der Waals surface area (Å²) in [4.78, 5) is 13.8. The van der Waals surface area contributed by atoms with Crippen molar-refractivity contribution in [3.63, 3.8) is 0 Å². The number of hydrogen-bond donors (Lipinski definition) is 0. The van der Waals surface area contributed by atoms with Gasteiger partial charge in [0.25, 0.3) is 0 Å². The van der Waals surface area contributed by atoms with Crippen LogP contribution in [0.4, 0.5) is 5.82 Å². The SMILES string of the molecule is c1ccc2oc(CN3C[C@H]4CC[C@@H]3CN(c3cnccn3)C4)cc2c1. The Morgan fingerprint density at radius 3 is 2.92 bits per heavy atom. The Kier molecular flexibility index (Phi) is 3.67. The molecule has 128 valence electrons. The van der Waals surface area contributed by atoms with Gasteiger partial charge in [-0.05, 0) is 30.9 Å². The van der Waals surface area contributed by atoms with Gasteiger partial charge < -0.3 is 9.32 Å². The lowest BCUT2D eigenvalue weighted by Gasteiger charge is -2.35. The zero-order valence-electron chi connectivity index (χ0n) is 14.2. The van der Waals surface area contributed by atoms with E-state index >= 15 is 0 Å². The van der Waals surface area contributed by atoms with E-state index in [2.05, 4.69) is 38.0 Å². The largest absolute Gasteiger partial charge is 0.460 e. The minimum atomic E-state index is 0.550. The van der Waals surface area contributed by atoms with Crippen LogP contribution >= 0.6 is 0 Å². The van der Waals surface area contributed by atoms with Gasteiger partial charge in [-0.3, -0.25) is 9.88 Å². The molecule has 2 bridgehead atoms. The normalized spacial score (nSPS) is 23.9. The highest BCUT2D eigenvalue weighted by Gasteiger charge is 2.35. The predicted octanol–water partition coefficient (Wildman–Crippen LogP) is 3.32. The molecule has 0 aliphatic carbocycles. The molecule has 3 aromatic rings. The molecule has 0 radical (unpaired) electrons. The number of rotatable bonds is 3. The van der Waals surface area contributed by atoms with Crippen LogP contribution in [-0.2, 0) is 6.54 Å². The Bertz CT molecular complexity index is 829. The molecule has 2 atom stereocenters. The standard InChI is InChI=1S/C20H22N4O/c1-2-4-19-16(3-1)9-18(25-19)14-23-11-15-5-6-17(23)13-24(12-15)20-10-21-7-8-22-20/h1-4,7-10,15,17H,5-6,11-14H2/t15-,17-/m1/s1. The average Bonchev–Trinajstić information content (AvgIpc) is 2.83. The monoisotopic (exact) mass is 334 g/mol. The molecule has 0 N–H and O–H groups in total. The summed E-state index contributed by atoms with van der Waals surface area (Å²) in [5, 5.41) is 1.19. The first-order chi connectivity index (χ1) is 12.3. The van der Waals surface area contributed by atoms with Crippen molar-refractivity contribution in [3.8, 4) is 0 Å². The second kappa shape index (κ2) is 6.15. The second-order valence-electron chi connectivity index (χ2n) is 7.25. The Labute approximate surface area is 147 Å². The topological polar surface area (TPSA) is 45.4 Å². The fourth-order valence-electron chi connectivity index (χ4n) is 4.33. The van der Waals surface area contributed by atoms with E-state index in [4.69, 9.17) is 4.42 Å². The van der Waals surface area contributed by atoms with Crippen LogP contribution in [0.25, 0.3) is 11.0 Å². The van der Waals surface area contributed by atoms with Crippen LogP contribution in [0.3, 0.4) is 0 Å². The van der Waals surface area contributed by atoms with Gasteiger partial charge in [-0.1, -0.05) is 18.2 Å². The number of anilines is 1. The molecule has 5 heteroatoms. The van der Waals surface area contributed by atoms with Crippen LogP contribution in [0.15, 0.2) is 53.3 Å². The number of fused-ring (bicyclic) bond motifs is 5. The van der Waals surface area contributed by atoms with E-state index in [0.717, 1.165) is 43.3 Å². The number of furan rings is 1. The van der Waals surface area contributed by atoms with E-state index in [9.17, 15) is 0 Å². The summed E-state index contributed by atoms with van der Waals surface area (Å²) >= 11 is 0. The first-order valence-electron chi connectivity index (χ1n) is 9.07. The summed E-state index contributed by atoms with van der Waals surface area (Å²) in [5.41, 5.74) is 0.985. The van der Waals surface area contributed by atoms with Crippen LogP contribution in [0, 0.1) is 5.92 Å². The number of aromatic nitrogens is 2. The smallest absolute Gasteiger partial charge is 0.147 e. The number of hydrogen-bond acceptors (Lipinski definition) is 5. The third kappa shape index (κ3) is 2.89. The molecular weight excluding hydrogens is 312 g/mol. The van der Waals surface area contributed by atoms with Gasteiger partial charge in [-0.15, -0.1) is 0 Å². The van der Waals surface area contributed by atoms with Crippen LogP contribution < -0.4 is 4.90 Å². The predicted molar refractivity (Wildman–Crippen MR) is 97.4 cm³/mol. The van der Waals surface area contributed by atoms with E-state index in [0.29, 0.717) is 12.0 Å². The van der Waals surface area contributed by atoms with Gasteiger partial charge >= 0.3 is 0 Å². The minimum absolute atomic E-state index is 0.550. The lowest BCUT2D eigenvalue weighted by atomic mass is 9.95. The Balaban J connectivity index is 1.37. The zero-order chi connectivity index (χ0) is 16.6. The first-order valence-corrected chi connectivity index (χ1v) is 9.07. The average molecular weight is 334 g/mol. The van der Waals surface area contributed by atoms with Gasteiger partial charge in [-0.25, -0.2) is 4.98 Å². The highest BCUT2D eigenvalue weighted by atomic mass is 16.3. The van der Waals surface area contributed by atoms with E-state index in [1.165, 1.54) is 18.2 Å². The van der Waals surface area contributed by atoms with E-state index in [-0.39, 0.29) is 0 Å². The van der Waals surface area contributed by atoms with Gasteiger partial charge in [-0.2, -0.15) is 0 Å². The number of benzene rings is 1. The van der Waals surface area contributed by atoms with Gasteiger partial charge in [0.15, 0.2) is 0 Å². The molecule has 3 aliphatic rings. The Hall–Kier alpha value is -2.40. The summed E-state index contributed by atoms with van der Waals surface area (Å²) in [5.74, 6) is 2.76. The molecular formula is C20H22N4O. The molecule has 5 nitrogen and oxygen atoms in total. The van der Waals surface area contributed by atoms with Crippen molar-refractivity contribution in [2.24, 2.45) is 5.92 Å². The first kappa shape index (κ1) is 14.9. The summed E-state index contributed by atoms with van der Waals surface area (Å²) in [6.45, 7) is 4.13. The summed E-state index contributed by atoms with van der Waals surface area (Å²) in [6, 6.07) is 11.0. The maximum atomic E-state index is 6.05. The third-order valence-corrected chi connectivity index (χ3v) is 5.54. The fraction of sp³-hybridized carbons (Fsp3) is 0.400. The molecule has 1 aromatic carbocycles. The third-order valence-electron chi connectivity index (χ3n) is 5.54. The summed E-state index contributed by atoms with van der Waals surface area (Å²) in [7, 11) is 0. The second-order valence-corrected chi connectivity index (χ2v) is 7.25. The van der Waals surface area contributed by atoms with Crippen molar-refractivity contribution in [1.82, 2.24) is 14.9 Å². The van der Waals surface area contributed by atoms with Crippen LogP contribution in [0.1, 0.15) is 18.6 Å². The van der Waals surface area contributed by atoms with Crippen molar-refractivity contribution in [1.29, 1.82) is 0 Å². The number of nitrogens with zero attached hydrogens (tertiary/aromatic N) is 4. The highest BCUT2D eigenvalue weighted by Crippen LogP contribution is 2.31. The maximum Gasteiger partial charge on any atom is 0.147 e. The molecule has 3 fully saturated rings. The van der Waals surface area contributed by atoms with Crippen molar-refractivity contribution in [2.75, 3.05) is 24.5 Å². The minimum Gasteiger partial charge on any atom is -0.460 e. The lowest BCUT2D eigenvalue weighted by molar-refractivity contribution is 0.118. The van der Waals surface area contributed by atoms with Crippen LogP contribution in [0.2, 0.25) is 0 Å². The molecule has 3 saturated heterocycles. The van der Waals surface area contributed by atoms with Crippen LogP contribution in [0.5, 0.6) is 0 Å². The van der Waals surface area contributed by atoms with Crippen LogP contribution in [-0.4, -0.2) is 40.5 Å². The molecule has 25 heavy (non-hydrogen) atoms. The quantitative estimate of drug-likeness (QED) is 0.735. The van der Waals surface area contributed by atoms with E-state index in [1.807, 2.05) is 18.3 Å². The van der Waals surface area contributed by atoms with E-state index < -0.39 is 0 Å². The number of piperidine rings is 1. The van der Waals surface area contributed by atoms with Gasteiger partial charge in [0.1, 0.15) is 17.2 Å². The Morgan fingerprint density at radius 2 is 2.04 bits per heavy atom. The molecule has 2 aromatic heterocycles. The van der Waals surface area contributed by atoms with Crippen molar-refractivity contribution in [2.45, 2.75) is 25.4 Å². The molecule has 0 amide bonds. The highest BCUT2D eigenvalue weighted by molar-refractivity contribution is 5.77. The molecule has 6 rings (SSSR count). The Morgan fingerprint density at radius 1 is 1.08 bits per heavy atom. The lowest BCUT2D eigenvalue weighted by Crippen LogP contribution is -2.43. The van der Waals surface area contributed by atoms with Crippen molar-refractivity contribution >= 4 is 16.8 Å². The van der Waals surface area contributed by atoms with Crippen molar-refractivity contribution < 1.29 is 4.42 Å².